The fraction of sp³-hybridized carbons (Fsp3) is 0.222. The fourth-order valence-corrected chi connectivity index (χ4v) is 11.9. The Bertz CT molecular complexity index is 2900. The third-order valence-electron chi connectivity index (χ3n) is 10.0. The number of rotatable bonds is 18. The zero-order valence-electron chi connectivity index (χ0n) is 35.2. The smallest absolute Gasteiger partial charge is 0.378 e. The lowest BCUT2D eigenvalue weighted by molar-refractivity contribution is -0.173. The molecule has 2 unspecified atom stereocenters. The molecule has 2 N–H and O–H groups in total. The van der Waals surface area contributed by atoms with Gasteiger partial charge in [0.1, 0.15) is 8.42 Å². The lowest BCUT2D eigenvalue weighted by Crippen LogP contribution is -2.41. The Morgan fingerprint density at radius 3 is 1.45 bits per heavy atom. The number of benzene rings is 3. The predicted octanol–water partition coefficient (Wildman–Crippen LogP) is 8.16. The van der Waals surface area contributed by atoms with Gasteiger partial charge in [0.2, 0.25) is 20.0 Å². The van der Waals surface area contributed by atoms with E-state index in [9.17, 15) is 36.0 Å². The summed E-state index contributed by atoms with van der Waals surface area (Å²) in [6.07, 6.45) is 2.96. The van der Waals surface area contributed by atoms with Crippen molar-refractivity contribution in [2.24, 2.45) is 0 Å². The summed E-state index contributed by atoms with van der Waals surface area (Å²) >= 11 is 19.9. The SMILES string of the molecule is CC(CNS(=O)(=O)c1ccc(CN(Cc2ccncc2)C(=O)C(=O)OC(=O)C(=O)N(Cc2cccc(Cl)c2)Cc2ccc(S(=O)(=O)NCC(C)c3ccc(Cl)cc3)s2)s1)c1ccc(Cl)cc1. The largest absolute Gasteiger partial charge is 0.405 e. The zero-order valence-corrected chi connectivity index (χ0v) is 40.8. The Kier molecular flexibility index (Phi) is 17.3. The number of nitrogens with one attached hydrogen (secondary N) is 2. The van der Waals surface area contributed by atoms with E-state index in [0.29, 0.717) is 35.9 Å². The van der Waals surface area contributed by atoms with Gasteiger partial charge in [0, 0.05) is 63.4 Å². The average molecular weight is 1030 g/mol. The molecular formula is C45H42Cl3N5O9S4. The van der Waals surface area contributed by atoms with Crippen molar-refractivity contribution in [1.29, 1.82) is 0 Å². The van der Waals surface area contributed by atoms with Crippen molar-refractivity contribution in [2.45, 2.75) is 60.3 Å². The van der Waals surface area contributed by atoms with Gasteiger partial charge >= 0.3 is 23.8 Å². The number of esters is 2. The van der Waals surface area contributed by atoms with Crippen molar-refractivity contribution < 1.29 is 40.8 Å². The van der Waals surface area contributed by atoms with Crippen LogP contribution in [-0.4, -0.2) is 68.5 Å². The summed E-state index contributed by atoms with van der Waals surface area (Å²) in [7, 11) is -7.96. The number of nitrogens with zero attached hydrogens (tertiary/aromatic N) is 3. The van der Waals surface area contributed by atoms with Gasteiger partial charge in [0.25, 0.3) is 0 Å². The van der Waals surface area contributed by atoms with Gasteiger partial charge in [-0.2, -0.15) is 0 Å². The van der Waals surface area contributed by atoms with E-state index < -0.39 is 43.8 Å². The van der Waals surface area contributed by atoms with Gasteiger partial charge in [-0.3, -0.25) is 14.6 Å². The maximum Gasteiger partial charge on any atom is 0.405 e. The summed E-state index contributed by atoms with van der Waals surface area (Å²) in [6, 6.07) is 29.5. The van der Waals surface area contributed by atoms with Crippen LogP contribution in [0.4, 0.5) is 0 Å². The molecule has 21 heteroatoms. The molecule has 2 atom stereocenters. The molecule has 0 saturated heterocycles. The number of ether oxygens (including phenoxy) is 1. The molecule has 3 heterocycles. The van der Waals surface area contributed by atoms with Crippen LogP contribution in [0.2, 0.25) is 15.1 Å². The number of thiophene rings is 2. The quantitative estimate of drug-likeness (QED) is 0.0483. The van der Waals surface area contributed by atoms with Crippen LogP contribution in [0.15, 0.2) is 130 Å². The molecule has 0 saturated carbocycles. The number of hydrogen-bond acceptors (Lipinski definition) is 12. The first-order valence-electron chi connectivity index (χ1n) is 20.0. The molecule has 14 nitrogen and oxygen atoms in total. The lowest BCUT2D eigenvalue weighted by Gasteiger charge is -2.22. The van der Waals surface area contributed by atoms with Gasteiger partial charge in [-0.05, 0) is 107 Å². The van der Waals surface area contributed by atoms with Crippen molar-refractivity contribution >= 4 is 101 Å². The average Bonchev–Trinajstić information content (AvgIpc) is 3.99. The predicted molar refractivity (Wildman–Crippen MR) is 254 cm³/mol. The Labute approximate surface area is 405 Å². The second-order valence-corrected chi connectivity index (χ2v) is 22.7. The third-order valence-corrected chi connectivity index (χ3v) is 16.7. The monoisotopic (exact) mass is 1030 g/mol. The molecule has 6 rings (SSSR count). The minimum absolute atomic E-state index is 0.0317. The maximum absolute atomic E-state index is 13.8. The Hall–Kier alpha value is -5.02. The summed E-state index contributed by atoms with van der Waals surface area (Å²) < 4.78 is 63.3. The standard InChI is InChI=1S/C45H42Cl3N5O9S4/c1-29(33-6-10-35(46)11-7-33)23-50-65(58,59)40-16-14-38(63-40)27-52(25-31-18-20-49-21-19-31)42(54)44(56)62-45(57)43(55)53(26-32-4-3-5-37(48)22-32)28-39-15-17-41(64-39)66(60,61)51-24-30(2)34-8-12-36(47)13-9-34/h3-22,29-30,50-51H,23-28H2,1-2H3. The Morgan fingerprint density at radius 2 is 1.02 bits per heavy atom. The molecular weight excluding hydrogens is 989 g/mol. The number of halogens is 3. The van der Waals surface area contributed by atoms with Crippen LogP contribution in [0.5, 0.6) is 0 Å². The second kappa shape index (κ2) is 22.6. The Balaban J connectivity index is 1.14. The second-order valence-electron chi connectivity index (χ2n) is 15.0. The molecule has 66 heavy (non-hydrogen) atoms. The molecule has 3 aromatic carbocycles. The van der Waals surface area contributed by atoms with E-state index in [2.05, 4.69) is 14.4 Å². The van der Waals surface area contributed by atoms with E-state index in [1.807, 2.05) is 38.1 Å². The van der Waals surface area contributed by atoms with Crippen LogP contribution in [-0.2, 0) is 70.1 Å². The summed E-state index contributed by atoms with van der Waals surface area (Å²) in [6.45, 7) is 2.99. The van der Waals surface area contributed by atoms with Gasteiger partial charge in [-0.1, -0.05) is 85.0 Å². The van der Waals surface area contributed by atoms with Crippen LogP contribution in [0.3, 0.4) is 0 Å². The van der Waals surface area contributed by atoms with Crippen molar-refractivity contribution in [1.82, 2.24) is 24.2 Å². The van der Waals surface area contributed by atoms with Gasteiger partial charge in [-0.15, -0.1) is 22.7 Å². The molecule has 0 bridgehead atoms. The highest BCUT2D eigenvalue weighted by Crippen LogP contribution is 2.27. The van der Waals surface area contributed by atoms with Crippen LogP contribution in [0.1, 0.15) is 57.7 Å². The summed E-state index contributed by atoms with van der Waals surface area (Å²) in [5.41, 5.74) is 2.81. The van der Waals surface area contributed by atoms with Crippen LogP contribution < -0.4 is 9.44 Å². The number of aromatic nitrogens is 1. The highest BCUT2D eigenvalue weighted by atomic mass is 35.5. The number of amides is 2. The molecule has 0 aliphatic heterocycles. The molecule has 346 valence electrons. The number of carbonyl (C=O) groups excluding carboxylic acids is 4. The first kappa shape index (κ1) is 50.4. The number of sulfonamides is 2. The molecule has 0 fully saturated rings. The van der Waals surface area contributed by atoms with Gasteiger partial charge in [0.05, 0.1) is 13.1 Å². The normalized spacial score (nSPS) is 12.6. The van der Waals surface area contributed by atoms with Gasteiger partial charge in [0.15, 0.2) is 0 Å². The van der Waals surface area contributed by atoms with E-state index in [4.69, 9.17) is 39.5 Å². The maximum atomic E-state index is 13.8. The number of carbonyl (C=O) groups is 4. The van der Waals surface area contributed by atoms with E-state index in [1.165, 1.54) is 36.7 Å². The minimum Gasteiger partial charge on any atom is -0.378 e. The fourth-order valence-electron chi connectivity index (χ4n) is 6.37. The molecule has 0 aliphatic rings. The van der Waals surface area contributed by atoms with Gasteiger partial charge in [-0.25, -0.2) is 35.9 Å². The lowest BCUT2D eigenvalue weighted by atomic mass is 10.0. The van der Waals surface area contributed by atoms with Crippen molar-refractivity contribution in [3.8, 4) is 0 Å². The van der Waals surface area contributed by atoms with E-state index in [0.717, 1.165) is 43.6 Å². The van der Waals surface area contributed by atoms with E-state index >= 15 is 0 Å². The molecule has 0 radical (unpaired) electrons. The van der Waals surface area contributed by atoms with Crippen LogP contribution >= 0.6 is 57.5 Å². The van der Waals surface area contributed by atoms with Crippen molar-refractivity contribution in [2.75, 3.05) is 13.1 Å². The number of pyridine rings is 1. The molecule has 3 aromatic heterocycles. The minimum atomic E-state index is -3.99. The molecule has 6 aromatic rings. The van der Waals surface area contributed by atoms with Crippen molar-refractivity contribution in [3.05, 3.63) is 169 Å². The molecule has 2 amide bonds. The third kappa shape index (κ3) is 14.0. The topological polar surface area (TPSA) is 189 Å². The zero-order chi connectivity index (χ0) is 47.6. The summed E-state index contributed by atoms with van der Waals surface area (Å²) in [5.74, 6) is -6.25. The highest BCUT2D eigenvalue weighted by molar-refractivity contribution is 7.92. The molecule has 0 aliphatic carbocycles. The van der Waals surface area contributed by atoms with Crippen LogP contribution in [0.25, 0.3) is 0 Å². The first-order chi connectivity index (χ1) is 31.4. The van der Waals surface area contributed by atoms with Crippen molar-refractivity contribution in [3.63, 3.8) is 0 Å². The van der Waals surface area contributed by atoms with Crippen LogP contribution in [0, 0.1) is 0 Å². The number of hydrogen-bond donors (Lipinski definition) is 2. The summed E-state index contributed by atoms with van der Waals surface area (Å²) in [5, 5.41) is 1.46. The van der Waals surface area contributed by atoms with Gasteiger partial charge < -0.3 is 14.5 Å². The van der Waals surface area contributed by atoms with E-state index in [1.54, 1.807) is 60.7 Å². The Morgan fingerprint density at radius 1 is 0.576 bits per heavy atom. The summed E-state index contributed by atoms with van der Waals surface area (Å²) in [4.78, 5) is 61.3. The van der Waals surface area contributed by atoms with E-state index in [-0.39, 0.29) is 59.5 Å². The first-order valence-corrected chi connectivity index (χ1v) is 25.8. The highest BCUT2D eigenvalue weighted by Gasteiger charge is 2.33. The molecule has 0 spiro atoms.